The highest BCUT2D eigenvalue weighted by molar-refractivity contribution is 5.93. The van der Waals surface area contributed by atoms with Gasteiger partial charge in [0.25, 0.3) is 0 Å². The fourth-order valence-electron chi connectivity index (χ4n) is 6.73. The quantitative estimate of drug-likeness (QED) is 0.101. The Bertz CT molecular complexity index is 2440. The number of hydrogen-bond acceptors (Lipinski definition) is 12. The van der Waals surface area contributed by atoms with Crippen molar-refractivity contribution in [2.24, 2.45) is 0 Å². The standard InChI is InChI=1S/C47H36O12/c1-53-37-20-16-35(17-21-37)45(50)57-39-24-14-31(15-25-39)29-4-8-33(9-5-29)47(52)59-41-27-55-42-40(26-54-43(41)42)58-46(51)32-6-2-28(3-7-32)30-12-22-38(23-13-30)56-44(49)34-10-18-36(48)19-11-34/h2-25,40-43,48H,26-27H2,1H3. The molecule has 2 aliphatic heterocycles. The molecule has 6 aromatic rings. The number of carbonyl (C=O) groups is 4. The van der Waals surface area contributed by atoms with Crippen molar-refractivity contribution in [3.8, 4) is 45.3 Å². The van der Waals surface area contributed by atoms with E-state index in [9.17, 15) is 24.3 Å². The fourth-order valence-corrected chi connectivity index (χ4v) is 6.73. The molecule has 0 bridgehead atoms. The summed E-state index contributed by atoms with van der Waals surface area (Å²) in [5.74, 6) is -0.668. The summed E-state index contributed by atoms with van der Waals surface area (Å²) in [7, 11) is 1.55. The number of methoxy groups -OCH3 is 1. The number of phenols is 1. The summed E-state index contributed by atoms with van der Waals surface area (Å²) in [6, 6.07) is 40.2. The number of hydrogen-bond donors (Lipinski definition) is 1. The second kappa shape index (κ2) is 17.1. The van der Waals surface area contributed by atoms with Crippen molar-refractivity contribution in [3.05, 3.63) is 168 Å². The molecule has 4 unspecified atom stereocenters. The monoisotopic (exact) mass is 792 g/mol. The number of rotatable bonds is 11. The van der Waals surface area contributed by atoms with Gasteiger partial charge < -0.3 is 38.3 Å². The lowest BCUT2D eigenvalue weighted by Crippen LogP contribution is -2.36. The molecule has 12 nitrogen and oxygen atoms in total. The first-order valence-electron chi connectivity index (χ1n) is 18.6. The van der Waals surface area contributed by atoms with Gasteiger partial charge in [0.2, 0.25) is 0 Å². The zero-order chi connectivity index (χ0) is 40.9. The van der Waals surface area contributed by atoms with Crippen LogP contribution in [0.1, 0.15) is 41.4 Å². The predicted octanol–water partition coefficient (Wildman–Crippen LogP) is 7.72. The van der Waals surface area contributed by atoms with E-state index in [1.807, 2.05) is 12.1 Å². The molecule has 2 saturated heterocycles. The Morgan fingerprint density at radius 1 is 0.441 bits per heavy atom. The van der Waals surface area contributed by atoms with E-state index in [2.05, 4.69) is 0 Å². The number of ether oxygens (including phenoxy) is 7. The molecular weight excluding hydrogens is 757 g/mol. The SMILES string of the molecule is COc1ccc(C(=O)Oc2ccc(-c3ccc(C(=O)OC4COC5C(OC(=O)c6ccc(-c7ccc(OC(=O)c8ccc(O)cc8)cc7)cc6)COC45)cc3)cc2)cc1. The number of benzene rings is 6. The van der Waals surface area contributed by atoms with Gasteiger partial charge in [-0.25, -0.2) is 19.2 Å². The van der Waals surface area contributed by atoms with Crippen molar-refractivity contribution in [2.75, 3.05) is 20.3 Å². The van der Waals surface area contributed by atoms with Crippen LogP contribution in [0.2, 0.25) is 0 Å². The van der Waals surface area contributed by atoms with Gasteiger partial charge in [-0.05, 0) is 119 Å². The summed E-state index contributed by atoms with van der Waals surface area (Å²) in [6.07, 6.45) is -2.58. The summed E-state index contributed by atoms with van der Waals surface area (Å²) >= 11 is 0. The second-order valence-electron chi connectivity index (χ2n) is 13.7. The smallest absolute Gasteiger partial charge is 0.343 e. The third-order valence-corrected chi connectivity index (χ3v) is 9.95. The van der Waals surface area contributed by atoms with Gasteiger partial charge in [-0.2, -0.15) is 0 Å². The van der Waals surface area contributed by atoms with E-state index < -0.39 is 48.3 Å². The molecule has 4 atom stereocenters. The van der Waals surface area contributed by atoms with E-state index in [-0.39, 0.29) is 19.0 Å². The van der Waals surface area contributed by atoms with E-state index >= 15 is 0 Å². The third kappa shape index (κ3) is 8.84. The van der Waals surface area contributed by atoms with Crippen LogP contribution in [0.25, 0.3) is 22.3 Å². The number of esters is 4. The van der Waals surface area contributed by atoms with Gasteiger partial charge >= 0.3 is 23.9 Å². The Labute approximate surface area is 338 Å². The Morgan fingerprint density at radius 3 is 1.12 bits per heavy atom. The highest BCUT2D eigenvalue weighted by atomic mass is 16.7. The summed E-state index contributed by atoms with van der Waals surface area (Å²) in [6.45, 7) is 0.178. The van der Waals surface area contributed by atoms with E-state index in [0.717, 1.165) is 22.3 Å². The van der Waals surface area contributed by atoms with Gasteiger partial charge in [0.15, 0.2) is 12.2 Å². The molecule has 1 N–H and O–H groups in total. The van der Waals surface area contributed by atoms with E-state index in [1.54, 1.807) is 116 Å². The van der Waals surface area contributed by atoms with Gasteiger partial charge in [0.1, 0.15) is 35.2 Å². The third-order valence-electron chi connectivity index (χ3n) is 9.95. The van der Waals surface area contributed by atoms with Gasteiger partial charge in [0, 0.05) is 0 Å². The Balaban J connectivity index is 0.804. The summed E-state index contributed by atoms with van der Waals surface area (Å²) in [5, 5.41) is 9.43. The van der Waals surface area contributed by atoms with Gasteiger partial charge in [-0.3, -0.25) is 0 Å². The minimum atomic E-state index is -0.690. The van der Waals surface area contributed by atoms with Crippen LogP contribution in [0.3, 0.4) is 0 Å². The molecule has 296 valence electrons. The van der Waals surface area contributed by atoms with E-state index in [0.29, 0.717) is 39.5 Å². The van der Waals surface area contributed by atoms with Crippen molar-refractivity contribution in [2.45, 2.75) is 24.4 Å². The molecule has 0 radical (unpaired) electrons. The molecule has 2 heterocycles. The minimum absolute atomic E-state index is 0.0554. The van der Waals surface area contributed by atoms with Crippen LogP contribution in [0.4, 0.5) is 0 Å². The first-order chi connectivity index (χ1) is 28.7. The molecular formula is C47H36O12. The van der Waals surface area contributed by atoms with Crippen LogP contribution >= 0.6 is 0 Å². The number of aromatic hydroxyl groups is 1. The largest absolute Gasteiger partial charge is 0.508 e. The first-order valence-corrected chi connectivity index (χ1v) is 18.6. The first kappa shape index (κ1) is 38.6. The lowest BCUT2D eigenvalue weighted by atomic mass is 10.0. The molecule has 0 aliphatic carbocycles. The zero-order valence-corrected chi connectivity index (χ0v) is 31.5. The summed E-state index contributed by atoms with van der Waals surface area (Å²) in [4.78, 5) is 51.2. The number of fused-ring (bicyclic) bond motifs is 1. The molecule has 8 rings (SSSR count). The maximum Gasteiger partial charge on any atom is 0.343 e. The van der Waals surface area contributed by atoms with Crippen LogP contribution < -0.4 is 14.2 Å². The molecule has 6 aromatic carbocycles. The van der Waals surface area contributed by atoms with Crippen LogP contribution in [0, 0.1) is 0 Å². The fraction of sp³-hybridized carbons (Fsp3) is 0.149. The van der Waals surface area contributed by atoms with E-state index in [1.165, 1.54) is 24.3 Å². The van der Waals surface area contributed by atoms with Crippen molar-refractivity contribution in [3.63, 3.8) is 0 Å². The van der Waals surface area contributed by atoms with Crippen LogP contribution in [-0.4, -0.2) is 73.7 Å². The molecule has 2 aliphatic rings. The predicted molar refractivity (Wildman–Crippen MR) is 213 cm³/mol. The number of carbonyl (C=O) groups excluding carboxylic acids is 4. The van der Waals surface area contributed by atoms with E-state index in [4.69, 9.17) is 33.2 Å². The summed E-state index contributed by atoms with van der Waals surface area (Å²) in [5.41, 5.74) is 4.77. The lowest BCUT2D eigenvalue weighted by Gasteiger charge is -2.17. The van der Waals surface area contributed by atoms with Crippen molar-refractivity contribution in [1.82, 2.24) is 0 Å². The van der Waals surface area contributed by atoms with Crippen molar-refractivity contribution in [1.29, 1.82) is 0 Å². The Hall–Kier alpha value is -7.28. The highest BCUT2D eigenvalue weighted by Crippen LogP contribution is 2.32. The molecule has 2 fully saturated rings. The number of phenolic OH excluding ortho intramolecular Hbond substituents is 1. The normalized spacial score (nSPS) is 18.0. The Kier molecular flexibility index (Phi) is 11.2. The molecule has 0 spiro atoms. The van der Waals surface area contributed by atoms with Crippen molar-refractivity contribution < 1.29 is 57.4 Å². The van der Waals surface area contributed by atoms with Gasteiger partial charge in [-0.15, -0.1) is 0 Å². The van der Waals surface area contributed by atoms with Crippen molar-refractivity contribution >= 4 is 23.9 Å². The zero-order valence-electron chi connectivity index (χ0n) is 31.5. The van der Waals surface area contributed by atoms with Crippen LogP contribution in [-0.2, 0) is 18.9 Å². The molecule has 0 amide bonds. The lowest BCUT2D eigenvalue weighted by molar-refractivity contribution is -0.0287. The average Bonchev–Trinajstić information content (AvgIpc) is 3.87. The Morgan fingerprint density at radius 2 is 0.746 bits per heavy atom. The topological polar surface area (TPSA) is 153 Å². The van der Waals surface area contributed by atoms with Crippen LogP contribution in [0.15, 0.2) is 146 Å². The molecule has 59 heavy (non-hydrogen) atoms. The summed E-state index contributed by atoms with van der Waals surface area (Å²) < 4.78 is 39.4. The second-order valence-corrected chi connectivity index (χ2v) is 13.7. The highest BCUT2D eigenvalue weighted by Gasteiger charge is 2.51. The van der Waals surface area contributed by atoms with Gasteiger partial charge in [0.05, 0.1) is 42.6 Å². The molecule has 0 aromatic heterocycles. The average molecular weight is 793 g/mol. The van der Waals surface area contributed by atoms with Gasteiger partial charge in [-0.1, -0.05) is 48.5 Å². The minimum Gasteiger partial charge on any atom is -0.508 e. The molecule has 12 heteroatoms. The maximum atomic E-state index is 13.1. The maximum absolute atomic E-state index is 13.1. The molecule has 0 saturated carbocycles. The van der Waals surface area contributed by atoms with Crippen LogP contribution in [0.5, 0.6) is 23.0 Å².